The Morgan fingerprint density at radius 3 is 2.73 bits per heavy atom. The maximum absolute atomic E-state index is 10.5. The molecule has 1 saturated heterocycles. The second-order valence-electron chi connectivity index (χ2n) is 3.01. The summed E-state index contributed by atoms with van der Waals surface area (Å²) in [5, 5.41) is 8.59. The van der Waals surface area contributed by atoms with Crippen LogP contribution in [0, 0.1) is 0 Å². The maximum atomic E-state index is 10.5. The zero-order valence-corrected chi connectivity index (χ0v) is 6.62. The van der Waals surface area contributed by atoms with Crippen molar-refractivity contribution in [3.05, 3.63) is 0 Å². The molecule has 0 spiro atoms. The van der Waals surface area contributed by atoms with Crippen LogP contribution in [-0.2, 0) is 9.53 Å². The van der Waals surface area contributed by atoms with Gasteiger partial charge in [0.05, 0.1) is 6.10 Å². The van der Waals surface area contributed by atoms with Gasteiger partial charge in [-0.3, -0.25) is 0 Å². The number of carbonyl (C=O) groups is 1. The molecule has 0 aromatic rings. The molecule has 0 radical (unpaired) electrons. The molecule has 0 bridgehead atoms. The summed E-state index contributed by atoms with van der Waals surface area (Å²) in [6.45, 7) is 1.95. The monoisotopic (exact) mass is 160 g/mol. The number of carboxylic acid groups (broad SMARTS) is 1. The quantitative estimate of drug-likeness (QED) is 0.558. The van der Waals surface area contributed by atoms with Crippen LogP contribution >= 0.6 is 0 Å². The Labute approximate surface area is 65.3 Å². The Balaban J connectivity index is 2.43. The molecule has 1 aliphatic rings. The van der Waals surface area contributed by atoms with E-state index < -0.39 is 12.0 Å². The molecule has 1 rings (SSSR count). The lowest BCUT2D eigenvalue weighted by Gasteiger charge is -2.11. The summed E-state index contributed by atoms with van der Waals surface area (Å²) in [6, 6.07) is -0.611. The zero-order valence-electron chi connectivity index (χ0n) is 6.62. The molecule has 1 fully saturated rings. The van der Waals surface area contributed by atoms with Gasteiger partial charge in [0.2, 0.25) is 6.04 Å². The van der Waals surface area contributed by atoms with Crippen molar-refractivity contribution in [3.63, 3.8) is 0 Å². The van der Waals surface area contributed by atoms with Crippen molar-refractivity contribution in [1.82, 2.24) is 0 Å². The maximum Gasteiger partial charge on any atom is 0.365 e. The fourth-order valence-corrected chi connectivity index (χ4v) is 1.29. The van der Waals surface area contributed by atoms with E-state index in [-0.39, 0.29) is 12.2 Å². The Morgan fingerprint density at radius 1 is 1.73 bits per heavy atom. The van der Waals surface area contributed by atoms with Crippen LogP contribution in [0.1, 0.15) is 19.8 Å². The largest absolute Gasteiger partial charge is 0.477 e. The SMILES string of the molecule is C[C@H]1CC[C@H]([C@H]([NH3+])C(=O)O)O1. The van der Waals surface area contributed by atoms with E-state index in [9.17, 15) is 4.79 Å². The highest BCUT2D eigenvalue weighted by Gasteiger charge is 2.34. The summed E-state index contributed by atoms with van der Waals surface area (Å²) in [5.41, 5.74) is 3.53. The van der Waals surface area contributed by atoms with E-state index in [1.165, 1.54) is 0 Å². The van der Waals surface area contributed by atoms with Crippen LogP contribution < -0.4 is 5.73 Å². The number of carboxylic acids is 1. The van der Waals surface area contributed by atoms with E-state index in [1.807, 2.05) is 6.92 Å². The Morgan fingerprint density at radius 2 is 2.36 bits per heavy atom. The third kappa shape index (κ3) is 1.91. The number of rotatable bonds is 2. The number of ether oxygens (including phenoxy) is 1. The van der Waals surface area contributed by atoms with Gasteiger partial charge in [-0.05, 0) is 19.8 Å². The van der Waals surface area contributed by atoms with Gasteiger partial charge in [-0.1, -0.05) is 0 Å². The van der Waals surface area contributed by atoms with E-state index in [0.717, 1.165) is 12.8 Å². The topological polar surface area (TPSA) is 74.2 Å². The molecule has 3 atom stereocenters. The Bertz CT molecular complexity index is 160. The van der Waals surface area contributed by atoms with Crippen LogP contribution in [0.25, 0.3) is 0 Å². The molecular formula is C7H14NO3+. The van der Waals surface area contributed by atoms with Crippen LogP contribution in [0.15, 0.2) is 0 Å². The van der Waals surface area contributed by atoms with Gasteiger partial charge in [0.15, 0.2) is 0 Å². The van der Waals surface area contributed by atoms with Crippen LogP contribution in [0.4, 0.5) is 0 Å². The molecule has 4 nitrogen and oxygen atoms in total. The standard InChI is InChI=1S/C7H13NO3/c1-4-2-3-5(11-4)6(8)7(9)10/h4-6H,2-3,8H2,1H3,(H,9,10)/p+1/t4-,5+,6-/m0/s1. The molecule has 0 aromatic carbocycles. The lowest BCUT2D eigenvalue weighted by atomic mass is 10.1. The van der Waals surface area contributed by atoms with Gasteiger partial charge >= 0.3 is 5.97 Å². The second kappa shape index (κ2) is 3.19. The second-order valence-corrected chi connectivity index (χ2v) is 3.01. The minimum Gasteiger partial charge on any atom is -0.477 e. The molecule has 4 heteroatoms. The van der Waals surface area contributed by atoms with Crippen molar-refractivity contribution < 1.29 is 20.4 Å². The molecule has 1 aliphatic heterocycles. The molecule has 0 unspecified atom stereocenters. The molecule has 11 heavy (non-hydrogen) atoms. The van der Waals surface area contributed by atoms with Crippen LogP contribution in [0.2, 0.25) is 0 Å². The van der Waals surface area contributed by atoms with E-state index in [1.54, 1.807) is 0 Å². The van der Waals surface area contributed by atoms with Crippen molar-refractivity contribution in [2.24, 2.45) is 0 Å². The number of quaternary nitrogens is 1. The smallest absolute Gasteiger partial charge is 0.365 e. The molecule has 1 heterocycles. The number of hydrogen-bond donors (Lipinski definition) is 2. The van der Waals surface area contributed by atoms with Crippen LogP contribution in [-0.4, -0.2) is 29.3 Å². The van der Waals surface area contributed by atoms with Gasteiger partial charge in [0, 0.05) is 0 Å². The van der Waals surface area contributed by atoms with Crippen molar-refractivity contribution in [3.8, 4) is 0 Å². The number of hydrogen-bond acceptors (Lipinski definition) is 2. The van der Waals surface area contributed by atoms with Crippen molar-refractivity contribution in [2.45, 2.75) is 38.0 Å². The summed E-state index contributed by atoms with van der Waals surface area (Å²) in [6.07, 6.45) is 1.79. The summed E-state index contributed by atoms with van der Waals surface area (Å²) >= 11 is 0. The van der Waals surface area contributed by atoms with Gasteiger partial charge in [0.25, 0.3) is 0 Å². The molecule has 0 saturated carbocycles. The summed E-state index contributed by atoms with van der Waals surface area (Å²) < 4.78 is 5.34. The normalized spacial score (nSPS) is 33.6. The Kier molecular flexibility index (Phi) is 2.46. The van der Waals surface area contributed by atoms with Gasteiger partial charge in [-0.2, -0.15) is 0 Å². The first kappa shape index (κ1) is 8.49. The van der Waals surface area contributed by atoms with E-state index in [4.69, 9.17) is 9.84 Å². The van der Waals surface area contributed by atoms with Crippen molar-refractivity contribution in [1.29, 1.82) is 0 Å². The average Bonchev–Trinajstić information content (AvgIpc) is 2.34. The predicted octanol–water partition coefficient (Wildman–Crippen LogP) is -0.751. The molecule has 64 valence electrons. The first-order chi connectivity index (χ1) is 5.11. The van der Waals surface area contributed by atoms with E-state index in [2.05, 4.69) is 5.73 Å². The molecule has 0 amide bonds. The van der Waals surface area contributed by atoms with E-state index >= 15 is 0 Å². The van der Waals surface area contributed by atoms with Gasteiger partial charge in [-0.15, -0.1) is 0 Å². The fraction of sp³-hybridized carbons (Fsp3) is 0.857. The summed E-state index contributed by atoms with van der Waals surface area (Å²) in [5.74, 6) is -0.871. The number of aliphatic carboxylic acids is 1. The van der Waals surface area contributed by atoms with Crippen molar-refractivity contribution >= 4 is 5.97 Å². The fourth-order valence-electron chi connectivity index (χ4n) is 1.29. The Hall–Kier alpha value is -0.610. The van der Waals surface area contributed by atoms with Crippen LogP contribution in [0.3, 0.4) is 0 Å². The highest BCUT2D eigenvalue weighted by molar-refractivity contribution is 5.72. The van der Waals surface area contributed by atoms with Gasteiger partial charge < -0.3 is 15.6 Å². The third-order valence-corrected chi connectivity index (χ3v) is 2.03. The molecule has 0 aromatic heterocycles. The first-order valence-electron chi connectivity index (χ1n) is 3.82. The molecular weight excluding hydrogens is 146 g/mol. The lowest BCUT2D eigenvalue weighted by Crippen LogP contribution is -2.70. The minimum absolute atomic E-state index is 0.178. The van der Waals surface area contributed by atoms with Crippen LogP contribution in [0.5, 0.6) is 0 Å². The highest BCUT2D eigenvalue weighted by Crippen LogP contribution is 2.20. The first-order valence-corrected chi connectivity index (χ1v) is 3.82. The average molecular weight is 160 g/mol. The summed E-state index contributed by atoms with van der Waals surface area (Å²) in [7, 11) is 0. The minimum atomic E-state index is -0.871. The lowest BCUT2D eigenvalue weighted by molar-refractivity contribution is -0.425. The zero-order chi connectivity index (χ0) is 8.43. The predicted molar refractivity (Wildman–Crippen MR) is 37.9 cm³/mol. The third-order valence-electron chi connectivity index (χ3n) is 2.03. The van der Waals surface area contributed by atoms with Crippen molar-refractivity contribution in [2.75, 3.05) is 0 Å². The molecule has 0 aliphatic carbocycles. The van der Waals surface area contributed by atoms with E-state index in [0.29, 0.717) is 0 Å². The summed E-state index contributed by atoms with van der Waals surface area (Å²) in [4.78, 5) is 10.5. The van der Waals surface area contributed by atoms with Gasteiger partial charge in [-0.25, -0.2) is 4.79 Å². The van der Waals surface area contributed by atoms with Gasteiger partial charge in [0.1, 0.15) is 6.10 Å². The highest BCUT2D eigenvalue weighted by atomic mass is 16.5. The molecule has 4 N–H and O–H groups in total.